The van der Waals surface area contributed by atoms with E-state index in [0.717, 1.165) is 57.0 Å². The number of benzene rings is 2. The monoisotopic (exact) mass is 389 g/mol. The van der Waals surface area contributed by atoms with Crippen LogP contribution in [0.25, 0.3) is 10.9 Å². The van der Waals surface area contributed by atoms with Crippen molar-refractivity contribution in [3.63, 3.8) is 0 Å². The molecule has 1 aromatic heterocycles. The van der Waals surface area contributed by atoms with Crippen molar-refractivity contribution in [2.75, 3.05) is 49.5 Å². The van der Waals surface area contributed by atoms with E-state index in [2.05, 4.69) is 81.6 Å². The number of nitrogens with one attached hydrogen (secondary N) is 2. The van der Waals surface area contributed by atoms with E-state index in [-0.39, 0.29) is 0 Å². The average molecular weight is 390 g/mol. The van der Waals surface area contributed by atoms with E-state index in [0.29, 0.717) is 11.8 Å². The van der Waals surface area contributed by atoms with Crippen molar-refractivity contribution >= 4 is 22.4 Å². The molecular formula is C24H31N5. The van der Waals surface area contributed by atoms with Crippen LogP contribution in [0, 0.1) is 5.92 Å². The molecule has 2 unspecified atom stereocenters. The minimum atomic E-state index is 0.637. The summed E-state index contributed by atoms with van der Waals surface area (Å²) in [6.07, 6.45) is 1.12. The molecule has 0 saturated carbocycles. The van der Waals surface area contributed by atoms with Gasteiger partial charge in [-0.25, -0.2) is 0 Å². The van der Waals surface area contributed by atoms with Gasteiger partial charge in [-0.3, -0.25) is 10.00 Å². The molecule has 2 aliphatic heterocycles. The van der Waals surface area contributed by atoms with Crippen LogP contribution in [0.5, 0.6) is 0 Å². The lowest BCUT2D eigenvalue weighted by Gasteiger charge is -2.35. The van der Waals surface area contributed by atoms with E-state index in [1.54, 1.807) is 0 Å². The Kier molecular flexibility index (Phi) is 4.92. The molecule has 5 nitrogen and oxygen atoms in total. The van der Waals surface area contributed by atoms with Crippen molar-refractivity contribution in [2.45, 2.75) is 26.2 Å². The van der Waals surface area contributed by atoms with Gasteiger partial charge in [-0.15, -0.1) is 0 Å². The van der Waals surface area contributed by atoms with Crippen LogP contribution in [0.15, 0.2) is 42.5 Å². The number of rotatable bonds is 4. The Hall–Kier alpha value is -2.53. The van der Waals surface area contributed by atoms with Gasteiger partial charge in [0.25, 0.3) is 0 Å². The smallest absolute Gasteiger partial charge is 0.158 e. The first-order valence-corrected chi connectivity index (χ1v) is 11.0. The lowest BCUT2D eigenvalue weighted by Crippen LogP contribution is -2.47. The summed E-state index contributed by atoms with van der Waals surface area (Å²) >= 11 is 0. The molecule has 3 aromatic rings. The Labute approximate surface area is 173 Å². The summed E-state index contributed by atoms with van der Waals surface area (Å²) in [5.41, 5.74) is 5.42. The maximum absolute atomic E-state index is 4.57. The molecule has 2 N–H and O–H groups in total. The summed E-state index contributed by atoms with van der Waals surface area (Å²) in [4.78, 5) is 5.01. The lowest BCUT2D eigenvalue weighted by atomic mass is 9.84. The first-order chi connectivity index (χ1) is 14.2. The second-order valence-corrected chi connectivity index (χ2v) is 8.74. The third-order valence-corrected chi connectivity index (χ3v) is 6.91. The normalized spacial score (nSPS) is 22.5. The van der Waals surface area contributed by atoms with Gasteiger partial charge in [-0.2, -0.15) is 5.10 Å². The molecule has 29 heavy (non-hydrogen) atoms. The molecule has 2 aliphatic rings. The molecule has 0 aliphatic carbocycles. The Morgan fingerprint density at radius 1 is 1.03 bits per heavy atom. The third kappa shape index (κ3) is 3.60. The van der Waals surface area contributed by atoms with Crippen molar-refractivity contribution in [3.05, 3.63) is 53.6 Å². The molecule has 2 atom stereocenters. The number of fused-ring (bicyclic) bond motifs is 2. The lowest BCUT2D eigenvalue weighted by molar-refractivity contribution is 0.260. The van der Waals surface area contributed by atoms with Gasteiger partial charge < -0.3 is 10.2 Å². The minimum Gasteiger partial charge on any atom is -0.385 e. The molecule has 5 heteroatoms. The molecule has 0 bridgehead atoms. The van der Waals surface area contributed by atoms with Gasteiger partial charge in [-0.1, -0.05) is 38.1 Å². The van der Waals surface area contributed by atoms with Gasteiger partial charge in [0.15, 0.2) is 5.82 Å². The zero-order valence-electron chi connectivity index (χ0n) is 17.5. The summed E-state index contributed by atoms with van der Waals surface area (Å²) in [5.74, 6) is 2.44. The number of hydrogen-bond acceptors (Lipinski definition) is 4. The number of hydrogen-bond donors (Lipinski definition) is 2. The topological polar surface area (TPSA) is 47.2 Å². The zero-order valence-corrected chi connectivity index (χ0v) is 17.5. The average Bonchev–Trinajstić information content (AvgIpc) is 3.20. The zero-order chi connectivity index (χ0) is 19.8. The van der Waals surface area contributed by atoms with Crippen molar-refractivity contribution in [1.82, 2.24) is 15.1 Å². The standard InChI is InChI=1S/C24H31N5/c1-17-16-25-22-8-7-19(15-21(22)18(17)2)9-10-28-11-13-29(14-12-28)24-20-5-3-4-6-23(20)26-27-24/h3-8,15,17-18,25H,9-14,16H2,1-2H3,(H,26,27). The highest BCUT2D eigenvalue weighted by Gasteiger charge is 2.23. The van der Waals surface area contributed by atoms with E-state index < -0.39 is 0 Å². The number of aromatic nitrogens is 2. The largest absolute Gasteiger partial charge is 0.385 e. The molecule has 5 rings (SSSR count). The summed E-state index contributed by atoms with van der Waals surface area (Å²) < 4.78 is 0. The highest BCUT2D eigenvalue weighted by atomic mass is 15.3. The van der Waals surface area contributed by atoms with Crippen molar-refractivity contribution in [3.8, 4) is 0 Å². The molecule has 1 saturated heterocycles. The Balaban J connectivity index is 1.19. The van der Waals surface area contributed by atoms with Crippen LogP contribution in [-0.2, 0) is 6.42 Å². The molecule has 1 fully saturated rings. The highest BCUT2D eigenvalue weighted by Crippen LogP contribution is 2.35. The van der Waals surface area contributed by atoms with E-state index in [1.165, 1.54) is 22.2 Å². The summed E-state index contributed by atoms with van der Waals surface area (Å²) in [6, 6.07) is 15.4. The number of anilines is 2. The molecule has 2 aromatic carbocycles. The summed E-state index contributed by atoms with van der Waals surface area (Å²) in [5, 5.41) is 12.5. The Morgan fingerprint density at radius 2 is 1.86 bits per heavy atom. The predicted molar refractivity (Wildman–Crippen MR) is 121 cm³/mol. The van der Waals surface area contributed by atoms with Gasteiger partial charge in [0.1, 0.15) is 0 Å². The molecule has 152 valence electrons. The predicted octanol–water partition coefficient (Wildman–Crippen LogP) is 4.09. The van der Waals surface area contributed by atoms with Gasteiger partial charge >= 0.3 is 0 Å². The third-order valence-electron chi connectivity index (χ3n) is 6.91. The SMILES string of the molecule is CC1CNc2ccc(CCN3CCN(c4n[nH]c5ccccc45)CC3)cc2C1C. The fourth-order valence-corrected chi connectivity index (χ4v) is 4.72. The molecule has 0 spiro atoms. The summed E-state index contributed by atoms with van der Waals surface area (Å²) in [7, 11) is 0. The van der Waals surface area contributed by atoms with Crippen LogP contribution >= 0.6 is 0 Å². The van der Waals surface area contributed by atoms with Crippen LogP contribution in [-0.4, -0.2) is 54.4 Å². The molecule has 0 radical (unpaired) electrons. The number of piperazine rings is 1. The first kappa shape index (κ1) is 18.5. The van der Waals surface area contributed by atoms with Gasteiger partial charge in [-0.05, 0) is 47.6 Å². The Bertz CT molecular complexity index is 986. The van der Waals surface area contributed by atoms with Crippen molar-refractivity contribution < 1.29 is 0 Å². The van der Waals surface area contributed by atoms with Crippen LogP contribution in [0.3, 0.4) is 0 Å². The molecule has 3 heterocycles. The number of aromatic amines is 1. The minimum absolute atomic E-state index is 0.637. The number of para-hydroxylation sites is 1. The van der Waals surface area contributed by atoms with Crippen LogP contribution in [0.2, 0.25) is 0 Å². The number of nitrogens with zero attached hydrogens (tertiary/aromatic N) is 3. The van der Waals surface area contributed by atoms with Gasteiger partial charge in [0.2, 0.25) is 0 Å². The molecular weight excluding hydrogens is 358 g/mol. The van der Waals surface area contributed by atoms with Gasteiger partial charge in [0.05, 0.1) is 5.52 Å². The number of H-pyrrole nitrogens is 1. The highest BCUT2D eigenvalue weighted by molar-refractivity contribution is 5.90. The van der Waals surface area contributed by atoms with E-state index in [4.69, 9.17) is 0 Å². The fraction of sp³-hybridized carbons (Fsp3) is 0.458. The Morgan fingerprint density at radius 3 is 2.72 bits per heavy atom. The van der Waals surface area contributed by atoms with E-state index >= 15 is 0 Å². The quantitative estimate of drug-likeness (QED) is 0.705. The maximum atomic E-state index is 4.57. The van der Waals surface area contributed by atoms with Crippen molar-refractivity contribution in [2.24, 2.45) is 5.92 Å². The molecule has 0 amide bonds. The second-order valence-electron chi connectivity index (χ2n) is 8.74. The van der Waals surface area contributed by atoms with Crippen LogP contribution in [0.1, 0.15) is 30.9 Å². The summed E-state index contributed by atoms with van der Waals surface area (Å²) in [6.45, 7) is 11.2. The van der Waals surface area contributed by atoms with E-state index in [9.17, 15) is 0 Å². The van der Waals surface area contributed by atoms with Crippen molar-refractivity contribution in [1.29, 1.82) is 0 Å². The fourth-order valence-electron chi connectivity index (χ4n) is 4.72. The first-order valence-electron chi connectivity index (χ1n) is 11.0. The maximum Gasteiger partial charge on any atom is 0.158 e. The second kappa shape index (κ2) is 7.71. The van der Waals surface area contributed by atoms with Crippen LogP contribution in [0.4, 0.5) is 11.5 Å². The van der Waals surface area contributed by atoms with Crippen LogP contribution < -0.4 is 10.2 Å². The van der Waals surface area contributed by atoms with E-state index in [1.807, 2.05) is 0 Å². The van der Waals surface area contributed by atoms with Gasteiger partial charge in [0, 0.05) is 50.3 Å².